The van der Waals surface area contributed by atoms with Gasteiger partial charge in [0.2, 0.25) is 43.7 Å². The van der Waals surface area contributed by atoms with E-state index in [-0.39, 0.29) is 87.0 Å². The first-order chi connectivity index (χ1) is 55.8. The summed E-state index contributed by atoms with van der Waals surface area (Å²) in [5, 5.41) is 10.3. The number of thiazole rings is 2. The van der Waals surface area contributed by atoms with E-state index in [9.17, 15) is 50.4 Å². The lowest BCUT2D eigenvalue weighted by Crippen LogP contribution is -2.60. The van der Waals surface area contributed by atoms with Gasteiger partial charge in [-0.25, -0.2) is 31.6 Å². The third-order valence-corrected chi connectivity index (χ3v) is 28.3. The predicted octanol–water partition coefficient (Wildman–Crippen LogP) is 14.2. The molecule has 0 unspecified atom stereocenters. The van der Waals surface area contributed by atoms with Crippen molar-refractivity contribution in [1.82, 2.24) is 64.3 Å². The molecule has 120 heavy (non-hydrogen) atoms. The van der Waals surface area contributed by atoms with E-state index in [1.54, 1.807) is 43.4 Å². The Balaban J connectivity index is 0.000000252. The fourth-order valence-corrected chi connectivity index (χ4v) is 21.4. The monoisotopic (exact) mass is 1730 g/mol. The molecule has 2 aliphatic carbocycles. The summed E-state index contributed by atoms with van der Waals surface area (Å²) in [6.07, 6.45) is 14.7. The molecular weight excluding hydrogens is 1610 g/mol. The van der Waals surface area contributed by atoms with Crippen molar-refractivity contribution in [3.05, 3.63) is 81.8 Å². The number of para-hydroxylation sites is 2. The third-order valence-electron chi connectivity index (χ3n) is 23.3. The molecule has 12 bridgehead atoms. The first-order valence-electron chi connectivity index (χ1n) is 42.6. The van der Waals surface area contributed by atoms with Gasteiger partial charge in [-0.2, -0.15) is 9.97 Å². The number of benzene rings is 2. The van der Waals surface area contributed by atoms with Gasteiger partial charge >= 0.3 is 6.09 Å². The standard InChI is InChI=1S/C46H67N7O8S2.C41H59N7O6S2.CH4/c1-12-29-25-46(29)41(56)51-63(58,59)23-18-16-14-13-15-17-22-34-35(27(2)3)47-39(62-34)31-20-19-21-32-36(31)48-42(53(32)28(4)5)60-30-24-33(38(54)50-46)52(26-30)40(55)37(44(6,7)8)49-43(57)61-45(9,10)11;1-9-26-22-41(26)38(51)46-56(52,53)20-15-13-11-10-12-14-19-31-32(24(2)3)43-36(55-31)28-17-16-18-29-33(28)44-39(48(29)25(4)5)54-27-21-30(35(49)45-41)47(23-27)37(50)34(42)40(6,7)8;/h13,15,19-21,27-30,33,37H,12,14,16-18,22-26H2,1-11H3,(H,49,57)(H,50,54)(H,51,56);10,12,16-18,24-27,30,34H,9,11,13-15,19-23,42H2,1-8H3,(H,45,49)(H,46,51);1H4/b15-13+;12-10+;/t29-,30-,33+,37-,46-;26-,27-,30+,34-,41-;/m11./s1. The maximum absolute atomic E-state index is 14.8. The van der Waals surface area contributed by atoms with Crippen LogP contribution in [0, 0.1) is 22.7 Å². The fraction of sp³-hybridized carbons (Fsp3) is 0.648. The topological polar surface area (TPSA) is 370 Å². The number of sulfonamides is 2. The van der Waals surface area contributed by atoms with Crippen LogP contribution in [0.1, 0.15) is 274 Å². The number of alkyl carbamates (subject to hydrolysis) is 1. The predicted molar refractivity (Wildman–Crippen MR) is 471 cm³/mol. The largest absolute Gasteiger partial charge is 0.459 e. The summed E-state index contributed by atoms with van der Waals surface area (Å²) in [5.41, 5.74) is 8.48. The van der Waals surface area contributed by atoms with Crippen LogP contribution in [0.25, 0.3) is 43.2 Å². The highest BCUT2D eigenvalue weighted by Crippen LogP contribution is 2.49. The molecule has 2 spiro atoms. The van der Waals surface area contributed by atoms with E-state index in [4.69, 9.17) is 39.9 Å². The van der Waals surface area contributed by atoms with E-state index in [1.165, 1.54) is 19.6 Å². The lowest BCUT2D eigenvalue weighted by atomic mass is 9.85. The van der Waals surface area contributed by atoms with Crippen LogP contribution < -0.4 is 40.6 Å². The number of carbonyl (C=O) groups is 7. The van der Waals surface area contributed by atoms with Crippen LogP contribution in [0.15, 0.2) is 60.7 Å². The summed E-state index contributed by atoms with van der Waals surface area (Å²) in [5.74, 6) is -4.23. The smallest absolute Gasteiger partial charge is 0.408 e. The number of aryl methyl sites for hydroxylation is 2. The number of carbonyl (C=O) groups excluding carboxylic acids is 7. The SMILES string of the molecule is C.CC[C@@H]1C[C@@]12NC(=O)[C@@H]1C[C@H](CN1C(=O)[C@@H](N)C(C)(C)C)Oc1nc3c(cccc3n1C(C)C)-c1nc(C(C)C)c(s1)CC/C=C/CCCCS(=O)(=O)NC2=O.CC[C@@H]1C[C@@]12NC(=O)[C@@H]1C[C@H](CN1C(=O)[C@@H](NC(=O)OC(C)(C)C)C(C)(C)C)Oc1nc3c(cccc3n1C(C)C)-c1nc(C(C)C)c(s1)CC/C=C/CCCCS(=O)(=O)NC2=O. The number of aromatic nitrogens is 6. The van der Waals surface area contributed by atoms with E-state index in [0.29, 0.717) is 69.8 Å². The second kappa shape index (κ2) is 37.4. The van der Waals surface area contributed by atoms with Crippen LogP contribution in [-0.4, -0.2) is 175 Å². The number of likely N-dealkylation sites (tertiary alicyclic amines) is 2. The summed E-state index contributed by atoms with van der Waals surface area (Å²) >= 11 is 3.34. The average Bonchev–Trinajstić information content (AvgIpc) is 1.57. The molecule has 6 aromatic rings. The fourth-order valence-electron chi connectivity index (χ4n) is 16.6. The van der Waals surface area contributed by atoms with Crippen molar-refractivity contribution in [2.75, 3.05) is 24.6 Å². The van der Waals surface area contributed by atoms with Crippen molar-refractivity contribution in [3.8, 4) is 33.2 Å². The number of nitrogens with zero attached hydrogens (tertiary/aromatic N) is 8. The van der Waals surface area contributed by atoms with E-state index >= 15 is 0 Å². The Kier molecular flexibility index (Phi) is 29.3. The van der Waals surface area contributed by atoms with E-state index in [0.717, 1.165) is 80.3 Å². The number of ether oxygens (including phenoxy) is 3. The van der Waals surface area contributed by atoms with Gasteiger partial charge in [0.05, 0.1) is 53.1 Å². The highest BCUT2D eigenvalue weighted by molar-refractivity contribution is 7.90. The molecule has 2 aromatic carbocycles. The molecule has 2 saturated heterocycles. The molecule has 660 valence electrons. The number of nitrogens with one attached hydrogen (secondary N) is 5. The quantitative estimate of drug-likeness (QED) is 0.0732. The molecule has 4 fully saturated rings. The summed E-state index contributed by atoms with van der Waals surface area (Å²) in [6.45, 7) is 36.8. The molecule has 0 radical (unpaired) electrons. The number of fused-ring (bicyclic) bond motifs is 12. The van der Waals surface area contributed by atoms with Gasteiger partial charge in [0, 0.05) is 45.8 Å². The van der Waals surface area contributed by atoms with Crippen LogP contribution in [0.4, 0.5) is 4.79 Å². The van der Waals surface area contributed by atoms with Gasteiger partial charge in [-0.05, 0) is 184 Å². The van der Waals surface area contributed by atoms with E-state index in [2.05, 4.69) is 91.2 Å². The highest BCUT2D eigenvalue weighted by atomic mass is 32.2. The van der Waals surface area contributed by atoms with Gasteiger partial charge in [0.1, 0.15) is 68.1 Å². The second-order valence-electron chi connectivity index (χ2n) is 37.3. The van der Waals surface area contributed by atoms with E-state index in [1.807, 2.05) is 115 Å². The number of allylic oxidation sites excluding steroid dienone is 4. The summed E-state index contributed by atoms with van der Waals surface area (Å²) in [6, 6.07) is 8.45. The van der Waals surface area contributed by atoms with Gasteiger partial charge in [-0.15, -0.1) is 22.7 Å². The number of hydrogen-bond donors (Lipinski definition) is 6. The second-order valence-corrected chi connectivity index (χ2v) is 43.2. The van der Waals surface area contributed by atoms with Gasteiger partial charge < -0.3 is 45.7 Å². The zero-order valence-corrected chi connectivity index (χ0v) is 76.1. The van der Waals surface area contributed by atoms with Crippen LogP contribution in [0.5, 0.6) is 12.0 Å². The summed E-state index contributed by atoms with van der Waals surface area (Å²) in [7, 11) is -7.97. The first kappa shape index (κ1) is 93.9. The molecule has 7 N–H and O–H groups in total. The van der Waals surface area contributed by atoms with Crippen molar-refractivity contribution in [1.29, 1.82) is 0 Å². The van der Waals surface area contributed by atoms with Crippen molar-refractivity contribution < 1.29 is 64.6 Å². The Hall–Kier alpha value is -8.33. The molecule has 4 aromatic heterocycles. The number of nitrogens with two attached hydrogens (primary N) is 1. The van der Waals surface area contributed by atoms with Gasteiger partial charge in [0.25, 0.3) is 23.8 Å². The zero-order chi connectivity index (χ0) is 87.0. The average molecular weight is 1740 g/mol. The molecule has 8 heterocycles. The van der Waals surface area contributed by atoms with Gasteiger partial charge in [-0.3, -0.25) is 47.3 Å². The lowest BCUT2D eigenvalue weighted by Gasteiger charge is -2.36. The van der Waals surface area contributed by atoms with Gasteiger partial charge in [-0.1, -0.05) is 140 Å². The number of hydrogen-bond acceptors (Lipinski definition) is 21. The molecular formula is C88H130N14O14S4. The van der Waals surface area contributed by atoms with Crippen LogP contribution in [0.3, 0.4) is 0 Å². The number of imidazole rings is 2. The number of rotatable bonds is 9. The summed E-state index contributed by atoms with van der Waals surface area (Å²) in [4.78, 5) is 124. The normalized spacial score (nSPS) is 25.1. The highest BCUT2D eigenvalue weighted by Gasteiger charge is 2.63. The third kappa shape index (κ3) is 21.3. The van der Waals surface area contributed by atoms with Crippen molar-refractivity contribution in [2.45, 2.75) is 319 Å². The van der Waals surface area contributed by atoms with Crippen LogP contribution in [-0.2, 0) is 66.4 Å². The Labute approximate surface area is 717 Å². The Morgan fingerprint density at radius 3 is 1.34 bits per heavy atom. The summed E-state index contributed by atoms with van der Waals surface area (Å²) < 4.78 is 80.4. The minimum atomic E-state index is -4.02. The van der Waals surface area contributed by atoms with Crippen molar-refractivity contribution >= 4 is 106 Å². The van der Waals surface area contributed by atoms with Crippen LogP contribution >= 0.6 is 22.7 Å². The Bertz CT molecular complexity index is 5060. The Morgan fingerprint density at radius 1 is 0.583 bits per heavy atom. The van der Waals surface area contributed by atoms with Crippen molar-refractivity contribution in [2.24, 2.45) is 28.4 Å². The van der Waals surface area contributed by atoms with Crippen LogP contribution in [0.2, 0.25) is 0 Å². The molecule has 32 heteroatoms. The molecule has 7 amide bonds. The maximum atomic E-state index is 14.8. The molecule has 6 aliphatic rings. The lowest BCUT2D eigenvalue weighted by molar-refractivity contribution is -0.143. The molecule has 4 aliphatic heterocycles. The molecule has 28 nitrogen and oxygen atoms in total. The zero-order valence-electron chi connectivity index (χ0n) is 72.8. The first-order valence-corrected chi connectivity index (χ1v) is 47.5. The Morgan fingerprint density at radius 2 is 0.983 bits per heavy atom. The van der Waals surface area contributed by atoms with Crippen molar-refractivity contribution in [3.63, 3.8) is 0 Å². The minimum Gasteiger partial charge on any atom is -0.459 e. The minimum absolute atomic E-state index is 0. The molecule has 10 atom stereocenters. The van der Waals surface area contributed by atoms with Gasteiger partial charge in [0.15, 0.2) is 0 Å². The molecule has 12 rings (SSSR count). The van der Waals surface area contributed by atoms with E-state index < -0.39 is 125 Å². The number of amides is 7. The molecule has 2 saturated carbocycles. The maximum Gasteiger partial charge on any atom is 0.408 e.